The standard InChI is InChI=1S/C42H64ClN5O6/c1-23(2)14-30(21-46(7)8)44-40(51)28-15-27(16-31(17-28)47(9)10)37-33(43)13-12-26(39(37)53-11)20-48-38(36(25(4)50)35(22-49)54-48)41(52)45-34-19-29-18-32(24(34)3)42(29,5)6/h12-13,15-17,23-25,29-30,32,34-36,38,49-50H,14,18-22H2,1-11H3,(H,44,51)(H,45,52)/t24-,25?,29+,30-,32-,34-,35-,36?,38-/m0/s1. The lowest BCUT2D eigenvalue weighted by molar-refractivity contribution is -0.183. The maximum absolute atomic E-state index is 14.3. The predicted molar refractivity (Wildman–Crippen MR) is 215 cm³/mol. The van der Waals surface area contributed by atoms with E-state index < -0.39 is 24.2 Å². The molecule has 9 atom stereocenters. The Morgan fingerprint density at radius 2 is 1.81 bits per heavy atom. The molecule has 6 rings (SSSR count). The average Bonchev–Trinajstić information content (AvgIpc) is 3.47. The number of likely N-dealkylation sites (N-methyl/N-ethyl adjacent to an activating group) is 1. The number of aliphatic hydroxyl groups excluding tert-OH is 2. The number of benzene rings is 2. The number of aliphatic hydroxyl groups is 2. The van der Waals surface area contributed by atoms with Gasteiger partial charge >= 0.3 is 0 Å². The Morgan fingerprint density at radius 3 is 2.37 bits per heavy atom. The molecular formula is C42H64ClN5O6. The summed E-state index contributed by atoms with van der Waals surface area (Å²) in [6, 6.07) is 8.43. The number of nitrogens with one attached hydrogen (secondary N) is 2. The van der Waals surface area contributed by atoms with E-state index >= 15 is 0 Å². The van der Waals surface area contributed by atoms with E-state index in [-0.39, 0.29) is 42.5 Å². The monoisotopic (exact) mass is 769 g/mol. The minimum atomic E-state index is -0.919. The topological polar surface area (TPSA) is 127 Å². The Labute approximate surface area is 327 Å². The van der Waals surface area contributed by atoms with E-state index in [2.05, 4.69) is 50.2 Å². The maximum Gasteiger partial charge on any atom is 0.251 e. The smallest absolute Gasteiger partial charge is 0.251 e. The molecule has 4 N–H and O–H groups in total. The zero-order valence-electron chi connectivity index (χ0n) is 34.1. The second-order valence-electron chi connectivity index (χ2n) is 17.6. The summed E-state index contributed by atoms with van der Waals surface area (Å²) in [5, 5.41) is 29.9. The molecule has 2 bridgehead atoms. The molecule has 0 spiro atoms. The van der Waals surface area contributed by atoms with Gasteiger partial charge in [-0.15, -0.1) is 0 Å². The average molecular weight is 770 g/mol. The van der Waals surface area contributed by atoms with Crippen molar-refractivity contribution in [3.63, 3.8) is 0 Å². The third-order valence-electron chi connectivity index (χ3n) is 12.4. The molecule has 2 aromatic rings. The fraction of sp³-hybridized carbons (Fsp3) is 0.667. The highest BCUT2D eigenvalue weighted by Gasteiger charge is 2.57. The molecular weight excluding hydrogens is 706 g/mol. The van der Waals surface area contributed by atoms with Crippen molar-refractivity contribution in [2.75, 3.05) is 53.4 Å². The molecule has 1 aliphatic heterocycles. The quantitative estimate of drug-likeness (QED) is 0.187. The molecule has 54 heavy (non-hydrogen) atoms. The molecule has 2 aromatic carbocycles. The van der Waals surface area contributed by atoms with Gasteiger partial charge in [0, 0.05) is 61.0 Å². The first-order valence-corrected chi connectivity index (χ1v) is 19.9. The van der Waals surface area contributed by atoms with Gasteiger partial charge in [0.2, 0.25) is 5.91 Å². The molecule has 2 amide bonds. The number of methoxy groups -OCH3 is 1. The van der Waals surface area contributed by atoms with Crippen molar-refractivity contribution in [2.45, 2.75) is 97.7 Å². The number of hydrogen-bond donors (Lipinski definition) is 4. The third kappa shape index (κ3) is 8.71. The van der Waals surface area contributed by atoms with Crippen LogP contribution in [-0.4, -0.2) is 111 Å². The predicted octanol–water partition coefficient (Wildman–Crippen LogP) is 5.45. The Balaban J connectivity index is 1.48. The van der Waals surface area contributed by atoms with Crippen LogP contribution in [0.1, 0.15) is 76.7 Å². The van der Waals surface area contributed by atoms with Crippen molar-refractivity contribution in [3.05, 3.63) is 46.5 Å². The van der Waals surface area contributed by atoms with Crippen molar-refractivity contribution < 1.29 is 29.4 Å². The van der Waals surface area contributed by atoms with Crippen LogP contribution in [0.15, 0.2) is 30.3 Å². The second-order valence-corrected chi connectivity index (χ2v) is 18.0. The van der Waals surface area contributed by atoms with Crippen molar-refractivity contribution in [1.29, 1.82) is 0 Å². The number of halogens is 1. The fourth-order valence-electron chi connectivity index (χ4n) is 9.48. The van der Waals surface area contributed by atoms with Crippen molar-refractivity contribution in [3.8, 4) is 16.9 Å². The summed E-state index contributed by atoms with van der Waals surface area (Å²) in [6.07, 6.45) is 1.26. The number of amides is 2. The van der Waals surface area contributed by atoms with E-state index in [0.29, 0.717) is 56.7 Å². The maximum atomic E-state index is 14.3. The first-order valence-electron chi connectivity index (χ1n) is 19.5. The van der Waals surface area contributed by atoms with Gasteiger partial charge in [0.05, 0.1) is 31.4 Å². The zero-order valence-corrected chi connectivity index (χ0v) is 34.9. The first-order chi connectivity index (χ1) is 25.4. The molecule has 1 heterocycles. The van der Waals surface area contributed by atoms with Crippen LogP contribution in [0.2, 0.25) is 5.02 Å². The largest absolute Gasteiger partial charge is 0.496 e. The minimum absolute atomic E-state index is 0.0227. The Bertz CT molecular complexity index is 1640. The van der Waals surface area contributed by atoms with E-state index in [9.17, 15) is 19.8 Å². The van der Waals surface area contributed by atoms with Gasteiger partial charge in [-0.2, -0.15) is 5.06 Å². The molecule has 11 nitrogen and oxygen atoms in total. The lowest BCUT2D eigenvalue weighted by Crippen LogP contribution is -2.62. The molecule has 4 fully saturated rings. The van der Waals surface area contributed by atoms with E-state index in [1.807, 2.05) is 57.4 Å². The molecule has 1 saturated heterocycles. The van der Waals surface area contributed by atoms with Crippen LogP contribution in [0.25, 0.3) is 11.1 Å². The first kappa shape index (κ1) is 42.2. The van der Waals surface area contributed by atoms with Crippen LogP contribution < -0.4 is 20.3 Å². The van der Waals surface area contributed by atoms with Crippen molar-refractivity contribution >= 4 is 29.1 Å². The van der Waals surface area contributed by atoms with Crippen LogP contribution in [0.4, 0.5) is 5.69 Å². The van der Waals surface area contributed by atoms with Crippen LogP contribution in [0.5, 0.6) is 5.75 Å². The zero-order chi connectivity index (χ0) is 39.8. The number of anilines is 1. The van der Waals surface area contributed by atoms with Gasteiger partial charge in [-0.1, -0.05) is 52.3 Å². The molecule has 300 valence electrons. The van der Waals surface area contributed by atoms with Crippen LogP contribution >= 0.6 is 11.6 Å². The lowest BCUT2D eigenvalue weighted by atomic mass is 9.45. The van der Waals surface area contributed by atoms with Crippen molar-refractivity contribution in [2.24, 2.45) is 35.0 Å². The lowest BCUT2D eigenvalue weighted by Gasteiger charge is -2.62. The highest BCUT2D eigenvalue weighted by atomic mass is 35.5. The van der Waals surface area contributed by atoms with Gasteiger partial charge in [-0.05, 0) is 99.2 Å². The van der Waals surface area contributed by atoms with Gasteiger partial charge in [0.15, 0.2) is 0 Å². The number of fused-ring (bicyclic) bond motifs is 2. The molecule has 4 aliphatic rings. The summed E-state index contributed by atoms with van der Waals surface area (Å²) < 4.78 is 6.08. The summed E-state index contributed by atoms with van der Waals surface area (Å²) in [4.78, 5) is 38.5. The SMILES string of the molecule is COc1c(CN2O[C@@H](CO)C(C(C)O)[C@H]2C(=O)N[C@H]2C[C@H]3C[C@@H]([C@@H]2C)C3(C)C)ccc(Cl)c1-c1cc(C(=O)N[C@@H](CC(C)C)CN(C)C)cc(N(C)C)c1. The van der Waals surface area contributed by atoms with E-state index in [0.717, 1.165) is 25.1 Å². The summed E-state index contributed by atoms with van der Waals surface area (Å²) in [5.74, 6) is 1.25. The number of nitrogens with zero attached hydrogens (tertiary/aromatic N) is 3. The normalized spacial score (nSPS) is 27.4. The number of hydrogen-bond acceptors (Lipinski definition) is 9. The van der Waals surface area contributed by atoms with E-state index in [1.165, 1.54) is 6.42 Å². The number of rotatable bonds is 15. The van der Waals surface area contributed by atoms with Gasteiger partial charge in [-0.3, -0.25) is 14.4 Å². The van der Waals surface area contributed by atoms with E-state index in [1.54, 1.807) is 25.2 Å². The number of ether oxygens (including phenoxy) is 1. The van der Waals surface area contributed by atoms with E-state index in [4.69, 9.17) is 21.2 Å². The second kappa shape index (κ2) is 17.1. The highest BCUT2D eigenvalue weighted by molar-refractivity contribution is 6.33. The summed E-state index contributed by atoms with van der Waals surface area (Å²) in [7, 11) is 9.42. The Hall–Kier alpha value is -2.93. The van der Waals surface area contributed by atoms with Crippen LogP contribution in [0.3, 0.4) is 0 Å². The Morgan fingerprint density at radius 1 is 1.11 bits per heavy atom. The molecule has 12 heteroatoms. The molecule has 3 saturated carbocycles. The Kier molecular flexibility index (Phi) is 13.3. The summed E-state index contributed by atoms with van der Waals surface area (Å²) in [6.45, 7) is 13.3. The minimum Gasteiger partial charge on any atom is -0.496 e. The molecule has 2 unspecified atom stereocenters. The van der Waals surface area contributed by atoms with Crippen LogP contribution in [0, 0.1) is 35.0 Å². The van der Waals surface area contributed by atoms with Gasteiger partial charge in [0.1, 0.15) is 17.9 Å². The number of carbonyl (C=O) groups is 2. The van der Waals surface area contributed by atoms with Gasteiger partial charge in [-0.25, -0.2) is 0 Å². The number of carbonyl (C=O) groups excluding carboxylic acids is 2. The number of hydroxylamine groups is 2. The van der Waals surface area contributed by atoms with Gasteiger partial charge in [0.25, 0.3) is 5.91 Å². The summed E-state index contributed by atoms with van der Waals surface area (Å²) in [5.41, 5.74) is 3.58. The molecule has 0 aromatic heterocycles. The molecule has 0 radical (unpaired) electrons. The van der Waals surface area contributed by atoms with Crippen molar-refractivity contribution in [1.82, 2.24) is 20.6 Å². The van der Waals surface area contributed by atoms with Crippen LogP contribution in [-0.2, 0) is 16.2 Å². The van der Waals surface area contributed by atoms with Gasteiger partial charge < -0.3 is 35.4 Å². The highest BCUT2D eigenvalue weighted by Crippen LogP contribution is 2.61. The third-order valence-corrected chi connectivity index (χ3v) is 12.8. The molecule has 3 aliphatic carbocycles. The fourth-order valence-corrected chi connectivity index (χ4v) is 9.74. The summed E-state index contributed by atoms with van der Waals surface area (Å²) >= 11 is 6.97.